The number of carboxylic acid groups (broad SMARTS) is 1. The van der Waals surface area contributed by atoms with E-state index in [0.29, 0.717) is 22.1 Å². The molecule has 1 heterocycles. The molecule has 226 valence electrons. The number of carbonyl (C=O) groups is 2. The molecule has 5 aromatic rings. The van der Waals surface area contributed by atoms with Crippen molar-refractivity contribution in [2.75, 3.05) is 0 Å². The van der Waals surface area contributed by atoms with Gasteiger partial charge in [0.15, 0.2) is 0 Å². The fourth-order valence-electron chi connectivity index (χ4n) is 5.11. The van der Waals surface area contributed by atoms with Gasteiger partial charge in [-0.2, -0.15) is 13.2 Å². The number of carboxylic acids is 1. The van der Waals surface area contributed by atoms with E-state index in [1.165, 1.54) is 23.1 Å². The third kappa shape index (κ3) is 6.08. The van der Waals surface area contributed by atoms with E-state index in [9.17, 15) is 32.3 Å². The maximum absolute atomic E-state index is 14.6. The van der Waals surface area contributed by atoms with Crippen LogP contribution in [-0.2, 0) is 29.5 Å². The molecule has 0 radical (unpaired) electrons. The Kier molecular flexibility index (Phi) is 8.07. The van der Waals surface area contributed by atoms with Crippen LogP contribution < -0.4 is 0 Å². The Bertz CT molecular complexity index is 1860. The molecule has 0 fully saturated rings. The maximum atomic E-state index is 14.6. The second kappa shape index (κ2) is 11.6. The van der Waals surface area contributed by atoms with Gasteiger partial charge in [-0.1, -0.05) is 72.8 Å². The van der Waals surface area contributed by atoms with Crippen LogP contribution in [0.2, 0.25) is 0 Å². The number of benzene rings is 4. The standard InChI is InChI=1S/C35H29F4NO4/c1-21-10-16-27-28(8-5-9-29(27)36)31(21)32(41)40(20-26-15-17-30(44-26)35(37,38)39)19-22-11-13-23(14-12-22)24-6-4-7-25(18-24)34(2,3)33(42)43/h4-18H,19-20H2,1-3H3,(H,42,43). The molecule has 0 atom stereocenters. The number of furan rings is 1. The van der Waals surface area contributed by atoms with Gasteiger partial charge in [-0.25, -0.2) is 4.39 Å². The van der Waals surface area contributed by atoms with Crippen LogP contribution in [0, 0.1) is 12.7 Å². The van der Waals surface area contributed by atoms with Gasteiger partial charge in [0.25, 0.3) is 5.91 Å². The molecule has 1 amide bonds. The summed E-state index contributed by atoms with van der Waals surface area (Å²) in [5, 5.41) is 10.3. The van der Waals surface area contributed by atoms with E-state index in [1.807, 2.05) is 24.3 Å². The van der Waals surface area contributed by atoms with Crippen LogP contribution >= 0.6 is 0 Å². The van der Waals surface area contributed by atoms with E-state index in [1.54, 1.807) is 63.2 Å². The first kappa shape index (κ1) is 30.5. The van der Waals surface area contributed by atoms with Crippen LogP contribution in [0.5, 0.6) is 0 Å². The minimum atomic E-state index is -4.68. The highest BCUT2D eigenvalue weighted by molar-refractivity contribution is 6.08. The van der Waals surface area contributed by atoms with Crippen LogP contribution in [-0.4, -0.2) is 21.9 Å². The zero-order valence-corrected chi connectivity index (χ0v) is 24.2. The largest absolute Gasteiger partial charge is 0.481 e. The van der Waals surface area contributed by atoms with Crippen molar-refractivity contribution in [3.05, 3.63) is 131 Å². The van der Waals surface area contributed by atoms with Gasteiger partial charge in [-0.05, 0) is 72.2 Å². The number of aliphatic carboxylic acids is 1. The first-order chi connectivity index (χ1) is 20.8. The van der Waals surface area contributed by atoms with Gasteiger partial charge < -0.3 is 14.4 Å². The number of nitrogens with zero attached hydrogens (tertiary/aromatic N) is 1. The van der Waals surface area contributed by atoms with Crippen LogP contribution in [0.3, 0.4) is 0 Å². The summed E-state index contributed by atoms with van der Waals surface area (Å²) in [7, 11) is 0. The normalized spacial score (nSPS) is 12.0. The molecule has 1 aromatic heterocycles. The fourth-order valence-corrected chi connectivity index (χ4v) is 5.11. The summed E-state index contributed by atoms with van der Waals surface area (Å²) >= 11 is 0. The quantitative estimate of drug-likeness (QED) is 0.180. The van der Waals surface area contributed by atoms with Crippen molar-refractivity contribution in [2.24, 2.45) is 0 Å². The Morgan fingerprint density at radius 2 is 1.52 bits per heavy atom. The lowest BCUT2D eigenvalue weighted by Crippen LogP contribution is -2.30. The number of hydrogen-bond acceptors (Lipinski definition) is 3. The smallest absolute Gasteiger partial charge is 0.449 e. The second-order valence-electron chi connectivity index (χ2n) is 11.2. The topological polar surface area (TPSA) is 70.8 Å². The van der Waals surface area contributed by atoms with Gasteiger partial charge in [0.1, 0.15) is 11.6 Å². The zero-order valence-electron chi connectivity index (χ0n) is 24.2. The van der Waals surface area contributed by atoms with Crippen molar-refractivity contribution >= 4 is 22.6 Å². The number of amides is 1. The Labute approximate surface area is 251 Å². The summed E-state index contributed by atoms with van der Waals surface area (Å²) in [5.41, 5.74) is 2.71. The Morgan fingerprint density at radius 3 is 2.18 bits per heavy atom. The van der Waals surface area contributed by atoms with Crippen molar-refractivity contribution < 1.29 is 36.7 Å². The van der Waals surface area contributed by atoms with Crippen LogP contribution in [0.15, 0.2) is 95.4 Å². The predicted octanol–water partition coefficient (Wildman–Crippen LogP) is 8.77. The van der Waals surface area contributed by atoms with Gasteiger partial charge >= 0.3 is 12.1 Å². The number of aryl methyl sites for hydroxylation is 1. The number of alkyl halides is 3. The summed E-state index contributed by atoms with van der Waals surface area (Å²) in [4.78, 5) is 27.2. The molecule has 4 aromatic carbocycles. The molecule has 0 saturated heterocycles. The van der Waals surface area contributed by atoms with Crippen LogP contribution in [0.4, 0.5) is 17.6 Å². The molecule has 0 aliphatic rings. The molecule has 5 rings (SSSR count). The average molecular weight is 604 g/mol. The van der Waals surface area contributed by atoms with Crippen molar-refractivity contribution in [3.63, 3.8) is 0 Å². The Morgan fingerprint density at radius 1 is 0.818 bits per heavy atom. The molecule has 0 unspecified atom stereocenters. The number of hydrogen-bond donors (Lipinski definition) is 1. The molecule has 1 N–H and O–H groups in total. The van der Waals surface area contributed by atoms with Crippen molar-refractivity contribution in [1.82, 2.24) is 4.90 Å². The average Bonchev–Trinajstić information content (AvgIpc) is 3.46. The van der Waals surface area contributed by atoms with Gasteiger partial charge in [-0.15, -0.1) is 0 Å². The zero-order chi connectivity index (χ0) is 31.8. The highest BCUT2D eigenvalue weighted by Crippen LogP contribution is 2.33. The Balaban J connectivity index is 1.49. The van der Waals surface area contributed by atoms with E-state index in [4.69, 9.17) is 4.42 Å². The summed E-state index contributed by atoms with van der Waals surface area (Å²) in [5.74, 6) is -3.14. The van der Waals surface area contributed by atoms with E-state index >= 15 is 0 Å². The molecule has 0 spiro atoms. The molecule has 0 aliphatic heterocycles. The second-order valence-corrected chi connectivity index (χ2v) is 11.2. The number of fused-ring (bicyclic) bond motifs is 1. The van der Waals surface area contributed by atoms with Crippen LogP contribution in [0.1, 0.15) is 52.4 Å². The number of carbonyl (C=O) groups excluding carboxylic acids is 1. The van der Waals surface area contributed by atoms with Gasteiger partial charge in [-0.3, -0.25) is 9.59 Å². The molecular formula is C35H29F4NO4. The van der Waals surface area contributed by atoms with Gasteiger partial charge in [0.2, 0.25) is 5.76 Å². The van der Waals surface area contributed by atoms with Gasteiger partial charge in [0.05, 0.1) is 17.5 Å². The fraction of sp³-hybridized carbons (Fsp3) is 0.200. The SMILES string of the molecule is Cc1ccc2c(F)cccc2c1C(=O)N(Cc1ccc(-c2cccc(C(C)(C)C(=O)O)c2)cc1)Cc1ccc(C(F)(F)F)o1. The third-order valence-electron chi connectivity index (χ3n) is 7.79. The number of halogens is 4. The lowest BCUT2D eigenvalue weighted by molar-refractivity contribution is -0.153. The Hall–Kier alpha value is -4.92. The van der Waals surface area contributed by atoms with E-state index < -0.39 is 35.0 Å². The van der Waals surface area contributed by atoms with Crippen molar-refractivity contribution in [3.8, 4) is 11.1 Å². The lowest BCUT2D eigenvalue weighted by Gasteiger charge is -2.24. The highest BCUT2D eigenvalue weighted by Gasteiger charge is 2.35. The molecular weight excluding hydrogens is 574 g/mol. The molecule has 0 saturated carbocycles. The monoisotopic (exact) mass is 603 g/mol. The summed E-state index contributed by atoms with van der Waals surface area (Å²) in [6.07, 6.45) is -4.68. The molecule has 9 heteroatoms. The van der Waals surface area contributed by atoms with E-state index in [0.717, 1.165) is 17.2 Å². The van der Waals surface area contributed by atoms with Crippen molar-refractivity contribution in [2.45, 2.75) is 45.5 Å². The number of rotatable bonds is 8. The first-order valence-corrected chi connectivity index (χ1v) is 13.8. The minimum Gasteiger partial charge on any atom is -0.481 e. The highest BCUT2D eigenvalue weighted by atomic mass is 19.4. The molecule has 0 bridgehead atoms. The lowest BCUT2D eigenvalue weighted by atomic mass is 9.83. The van der Waals surface area contributed by atoms with Gasteiger partial charge in [0, 0.05) is 11.9 Å². The van der Waals surface area contributed by atoms with E-state index in [2.05, 4.69) is 0 Å². The predicted molar refractivity (Wildman–Crippen MR) is 158 cm³/mol. The minimum absolute atomic E-state index is 0.0262. The van der Waals surface area contributed by atoms with Crippen LogP contribution in [0.25, 0.3) is 21.9 Å². The first-order valence-electron chi connectivity index (χ1n) is 13.8. The molecule has 44 heavy (non-hydrogen) atoms. The molecule has 5 nitrogen and oxygen atoms in total. The van der Waals surface area contributed by atoms with E-state index in [-0.39, 0.29) is 29.8 Å². The molecule has 0 aliphatic carbocycles. The summed E-state index contributed by atoms with van der Waals surface area (Å²) in [6.45, 7) is 4.75. The van der Waals surface area contributed by atoms with Crippen molar-refractivity contribution in [1.29, 1.82) is 0 Å². The summed E-state index contributed by atoms with van der Waals surface area (Å²) < 4.78 is 59.4. The third-order valence-corrected chi connectivity index (χ3v) is 7.79. The maximum Gasteiger partial charge on any atom is 0.449 e. The summed E-state index contributed by atoms with van der Waals surface area (Å²) in [6, 6.07) is 24.2.